The number of aromatic nitrogens is 1. The highest BCUT2D eigenvalue weighted by Crippen LogP contribution is 2.49. The van der Waals surface area contributed by atoms with Gasteiger partial charge in [0.1, 0.15) is 18.2 Å². The summed E-state index contributed by atoms with van der Waals surface area (Å²) in [5, 5.41) is 10.9. The summed E-state index contributed by atoms with van der Waals surface area (Å²) in [7, 11) is 0. The Kier molecular flexibility index (Phi) is 5.72. The van der Waals surface area contributed by atoms with E-state index in [1.54, 1.807) is 6.07 Å². The number of aromatic carboxylic acids is 1. The molecule has 0 bridgehead atoms. The molecule has 1 saturated carbocycles. The van der Waals surface area contributed by atoms with Crippen LogP contribution in [-0.4, -0.2) is 59.4 Å². The highest BCUT2D eigenvalue weighted by molar-refractivity contribution is 6.05. The van der Waals surface area contributed by atoms with Crippen molar-refractivity contribution in [3.63, 3.8) is 0 Å². The van der Waals surface area contributed by atoms with Crippen LogP contribution in [0.15, 0.2) is 42.5 Å². The van der Waals surface area contributed by atoms with Gasteiger partial charge in [-0.3, -0.25) is 4.79 Å². The molecule has 7 nitrogen and oxygen atoms in total. The molecule has 1 unspecified atom stereocenters. The van der Waals surface area contributed by atoms with Crippen LogP contribution in [0.1, 0.15) is 60.0 Å². The SMILES string of the molecule is O=C(O)c1ccc2c(C3CCCCC3)c(-c3ccccc3)n3c2c1OCC3C(=O)N1CCOCC1. The van der Waals surface area contributed by atoms with E-state index in [1.807, 2.05) is 29.2 Å². The van der Waals surface area contributed by atoms with Gasteiger partial charge in [0.05, 0.1) is 24.4 Å². The van der Waals surface area contributed by atoms with E-state index in [0.717, 1.165) is 35.0 Å². The molecule has 182 valence electrons. The van der Waals surface area contributed by atoms with Crippen molar-refractivity contribution in [2.75, 3.05) is 32.9 Å². The standard InChI is InChI=1S/C28H30N2O5/c31-27(29-13-15-34-16-14-29)22-17-35-26-21(28(32)33)12-11-20-23(18-7-3-1-4-8-18)24(30(22)25(20)26)19-9-5-2-6-10-19/h2,5-6,9-12,18,22H,1,3-4,7-8,13-17H2,(H,32,33). The highest BCUT2D eigenvalue weighted by Gasteiger charge is 2.39. The molecule has 0 spiro atoms. The van der Waals surface area contributed by atoms with E-state index in [0.29, 0.717) is 38.0 Å². The summed E-state index contributed by atoms with van der Waals surface area (Å²) >= 11 is 0. The predicted octanol–water partition coefficient (Wildman–Crippen LogP) is 4.85. The first-order chi connectivity index (χ1) is 17.1. The molecule has 1 atom stereocenters. The van der Waals surface area contributed by atoms with Crippen LogP contribution >= 0.6 is 0 Å². The molecule has 2 aliphatic heterocycles. The van der Waals surface area contributed by atoms with E-state index in [-0.39, 0.29) is 18.1 Å². The molecule has 35 heavy (non-hydrogen) atoms. The fourth-order valence-corrected chi connectivity index (χ4v) is 6.13. The topological polar surface area (TPSA) is 81.0 Å². The first-order valence-corrected chi connectivity index (χ1v) is 12.6. The van der Waals surface area contributed by atoms with Gasteiger partial charge in [0.15, 0.2) is 5.75 Å². The Labute approximate surface area is 204 Å². The number of nitrogens with zero attached hydrogens (tertiary/aromatic N) is 2. The van der Waals surface area contributed by atoms with Crippen molar-refractivity contribution in [1.82, 2.24) is 9.47 Å². The second-order valence-electron chi connectivity index (χ2n) is 9.74. The van der Waals surface area contributed by atoms with Gasteiger partial charge < -0.3 is 24.0 Å². The summed E-state index contributed by atoms with van der Waals surface area (Å²) in [6.45, 7) is 2.27. The molecule has 2 fully saturated rings. The normalized spacial score (nSPS) is 20.6. The molecule has 6 rings (SSSR count). The maximum atomic E-state index is 13.8. The van der Waals surface area contributed by atoms with Crippen LogP contribution in [0.4, 0.5) is 0 Å². The Balaban J connectivity index is 1.64. The van der Waals surface area contributed by atoms with Crippen molar-refractivity contribution in [1.29, 1.82) is 0 Å². The van der Waals surface area contributed by atoms with Crippen molar-refractivity contribution in [2.45, 2.75) is 44.1 Å². The lowest BCUT2D eigenvalue weighted by Gasteiger charge is -2.34. The average molecular weight is 475 g/mol. The first kappa shape index (κ1) is 22.2. The monoisotopic (exact) mass is 474 g/mol. The minimum absolute atomic E-state index is 0.00366. The van der Waals surface area contributed by atoms with E-state index >= 15 is 0 Å². The molecule has 1 aliphatic carbocycles. The van der Waals surface area contributed by atoms with E-state index in [9.17, 15) is 14.7 Å². The maximum Gasteiger partial charge on any atom is 0.339 e. The summed E-state index contributed by atoms with van der Waals surface area (Å²) in [5.41, 5.74) is 4.19. The van der Waals surface area contributed by atoms with Crippen LogP contribution < -0.4 is 4.74 Å². The molecular weight excluding hydrogens is 444 g/mol. The second-order valence-corrected chi connectivity index (χ2v) is 9.74. The van der Waals surface area contributed by atoms with Gasteiger partial charge in [0.2, 0.25) is 5.91 Å². The maximum absolute atomic E-state index is 13.8. The zero-order valence-electron chi connectivity index (χ0n) is 19.7. The molecule has 1 amide bonds. The van der Waals surface area contributed by atoms with Crippen LogP contribution in [-0.2, 0) is 9.53 Å². The summed E-state index contributed by atoms with van der Waals surface area (Å²) < 4.78 is 13.7. The third-order valence-corrected chi connectivity index (χ3v) is 7.75. The predicted molar refractivity (Wildman–Crippen MR) is 132 cm³/mol. The van der Waals surface area contributed by atoms with Gasteiger partial charge in [-0.1, -0.05) is 55.7 Å². The largest absolute Gasteiger partial charge is 0.488 e. The smallest absolute Gasteiger partial charge is 0.339 e. The third kappa shape index (κ3) is 3.69. The summed E-state index contributed by atoms with van der Waals surface area (Å²) in [5.74, 6) is -0.277. The number of amides is 1. The Morgan fingerprint density at radius 2 is 1.69 bits per heavy atom. The number of carboxylic acid groups (broad SMARTS) is 1. The highest BCUT2D eigenvalue weighted by atomic mass is 16.5. The minimum atomic E-state index is -1.02. The van der Waals surface area contributed by atoms with E-state index in [4.69, 9.17) is 9.47 Å². The number of hydrogen-bond acceptors (Lipinski definition) is 4. The number of carbonyl (C=O) groups is 2. The number of rotatable bonds is 4. The fraction of sp³-hybridized carbons (Fsp3) is 0.429. The van der Waals surface area contributed by atoms with Gasteiger partial charge in [-0.15, -0.1) is 0 Å². The van der Waals surface area contributed by atoms with Gasteiger partial charge >= 0.3 is 5.97 Å². The zero-order chi connectivity index (χ0) is 23.9. The lowest BCUT2D eigenvalue weighted by atomic mass is 9.81. The molecule has 2 aromatic carbocycles. The van der Waals surface area contributed by atoms with Crippen LogP contribution in [0.25, 0.3) is 22.2 Å². The van der Waals surface area contributed by atoms with E-state index < -0.39 is 12.0 Å². The second kappa shape index (κ2) is 9.04. The van der Waals surface area contributed by atoms with Crippen molar-refractivity contribution >= 4 is 22.8 Å². The van der Waals surface area contributed by atoms with Crippen molar-refractivity contribution in [3.05, 3.63) is 53.6 Å². The number of carbonyl (C=O) groups excluding carboxylic acids is 1. The molecule has 1 N–H and O–H groups in total. The van der Waals surface area contributed by atoms with Gasteiger partial charge in [-0.05, 0) is 36.0 Å². The number of ether oxygens (including phenoxy) is 2. The first-order valence-electron chi connectivity index (χ1n) is 12.6. The molecule has 3 aromatic rings. The number of morpholine rings is 1. The van der Waals surface area contributed by atoms with Gasteiger partial charge in [0.25, 0.3) is 0 Å². The summed E-state index contributed by atoms with van der Waals surface area (Å²) in [6, 6.07) is 13.3. The third-order valence-electron chi connectivity index (χ3n) is 7.75. The van der Waals surface area contributed by atoms with Crippen molar-refractivity contribution in [2.24, 2.45) is 0 Å². The van der Waals surface area contributed by atoms with Gasteiger partial charge in [-0.25, -0.2) is 4.79 Å². The Morgan fingerprint density at radius 1 is 0.943 bits per heavy atom. The van der Waals surface area contributed by atoms with Gasteiger partial charge in [0, 0.05) is 18.5 Å². The Hall–Kier alpha value is -3.32. The quantitative estimate of drug-likeness (QED) is 0.585. The van der Waals surface area contributed by atoms with Gasteiger partial charge in [-0.2, -0.15) is 0 Å². The van der Waals surface area contributed by atoms with E-state index in [1.165, 1.54) is 24.8 Å². The molecule has 1 saturated heterocycles. The summed E-state index contributed by atoms with van der Waals surface area (Å²) in [6.07, 6.45) is 5.79. The number of benzene rings is 2. The average Bonchev–Trinajstić information content (AvgIpc) is 3.26. The van der Waals surface area contributed by atoms with Crippen LogP contribution in [0.5, 0.6) is 5.75 Å². The zero-order valence-corrected chi connectivity index (χ0v) is 19.7. The summed E-state index contributed by atoms with van der Waals surface area (Å²) in [4.78, 5) is 27.8. The van der Waals surface area contributed by atoms with E-state index in [2.05, 4.69) is 16.7 Å². The lowest BCUT2D eigenvalue weighted by Crippen LogP contribution is -2.46. The number of carboxylic acids is 1. The van der Waals surface area contributed by atoms with Crippen LogP contribution in [0, 0.1) is 0 Å². The molecule has 1 aromatic heterocycles. The molecule has 7 heteroatoms. The van der Waals surface area contributed by atoms with Crippen LogP contribution in [0.2, 0.25) is 0 Å². The Morgan fingerprint density at radius 3 is 2.40 bits per heavy atom. The van der Waals surface area contributed by atoms with Crippen molar-refractivity contribution < 1.29 is 24.2 Å². The number of hydrogen-bond donors (Lipinski definition) is 1. The Bertz CT molecular complexity index is 1270. The molecule has 0 radical (unpaired) electrons. The van der Waals surface area contributed by atoms with Crippen LogP contribution in [0.3, 0.4) is 0 Å². The lowest BCUT2D eigenvalue weighted by molar-refractivity contribution is -0.139. The fourth-order valence-electron chi connectivity index (χ4n) is 6.13. The molecule has 3 aliphatic rings. The minimum Gasteiger partial charge on any atom is -0.488 e. The molecule has 3 heterocycles. The van der Waals surface area contributed by atoms with Crippen molar-refractivity contribution in [3.8, 4) is 17.0 Å². The molecular formula is C28H30N2O5.